The van der Waals surface area contributed by atoms with Crippen molar-refractivity contribution in [3.63, 3.8) is 0 Å². The smallest absolute Gasteiger partial charge is 0.123 e. The Hall–Kier alpha value is -0.450. The number of ether oxygens (including phenoxy) is 1. The molecule has 0 bridgehead atoms. The van der Waals surface area contributed by atoms with Crippen molar-refractivity contribution in [2.75, 3.05) is 13.7 Å². The van der Waals surface area contributed by atoms with E-state index in [1.54, 1.807) is 12.1 Å². The Morgan fingerprint density at radius 2 is 1.95 bits per heavy atom. The molecule has 2 nitrogen and oxygen atoms in total. The van der Waals surface area contributed by atoms with Crippen molar-refractivity contribution in [3.05, 3.63) is 34.1 Å². The second-order valence-corrected chi connectivity index (χ2v) is 5.84. The van der Waals surface area contributed by atoms with E-state index in [1.165, 1.54) is 6.07 Å². The van der Waals surface area contributed by atoms with Gasteiger partial charge in [-0.05, 0) is 57.0 Å². The first-order valence-electron chi connectivity index (χ1n) is 7.28. The van der Waals surface area contributed by atoms with E-state index in [0.717, 1.165) is 29.3 Å². The third kappa shape index (κ3) is 4.03. The van der Waals surface area contributed by atoms with E-state index in [2.05, 4.69) is 35.1 Å². The molecule has 4 heteroatoms. The maximum atomic E-state index is 13.4. The number of halogens is 2. The van der Waals surface area contributed by atoms with Gasteiger partial charge in [0.25, 0.3) is 0 Å². The predicted molar refractivity (Wildman–Crippen MR) is 85.6 cm³/mol. The molecule has 1 rings (SSSR count). The van der Waals surface area contributed by atoms with Gasteiger partial charge in [-0.2, -0.15) is 0 Å². The molecule has 0 saturated carbocycles. The first kappa shape index (κ1) is 17.6. The van der Waals surface area contributed by atoms with Crippen LogP contribution in [-0.2, 0) is 11.2 Å². The summed E-state index contributed by atoms with van der Waals surface area (Å²) in [7, 11) is 1.94. The van der Waals surface area contributed by atoms with Crippen molar-refractivity contribution in [1.29, 1.82) is 0 Å². The normalized spacial score (nSPS) is 13.5. The number of likely N-dealkylation sites (N-methyl/N-ethyl adjacent to an activating group) is 1. The molecule has 0 aliphatic heterocycles. The topological polar surface area (TPSA) is 21.3 Å². The Bertz CT molecular complexity index is 421. The molecular weight excluding hydrogens is 321 g/mol. The van der Waals surface area contributed by atoms with Crippen LogP contribution in [-0.4, -0.2) is 25.3 Å². The van der Waals surface area contributed by atoms with Crippen LogP contribution in [0.3, 0.4) is 0 Å². The summed E-state index contributed by atoms with van der Waals surface area (Å²) in [4.78, 5) is 0. The monoisotopic (exact) mass is 345 g/mol. The predicted octanol–water partition coefficient (Wildman–Crippen LogP) is 4.31. The summed E-state index contributed by atoms with van der Waals surface area (Å²) in [6.45, 7) is 6.99. The van der Waals surface area contributed by atoms with Crippen LogP contribution in [0.15, 0.2) is 22.7 Å². The summed E-state index contributed by atoms with van der Waals surface area (Å²) in [6, 6.07) is 4.97. The molecule has 0 aromatic heterocycles. The van der Waals surface area contributed by atoms with E-state index in [1.807, 2.05) is 14.0 Å². The average molecular weight is 346 g/mol. The van der Waals surface area contributed by atoms with Crippen LogP contribution < -0.4 is 5.32 Å². The fourth-order valence-corrected chi connectivity index (χ4v) is 3.21. The fraction of sp³-hybridized carbons (Fsp3) is 0.625. The Morgan fingerprint density at radius 3 is 2.45 bits per heavy atom. The molecule has 1 aromatic carbocycles. The van der Waals surface area contributed by atoms with E-state index in [9.17, 15) is 4.39 Å². The maximum Gasteiger partial charge on any atom is 0.123 e. The molecule has 0 radical (unpaired) electrons. The molecule has 20 heavy (non-hydrogen) atoms. The minimum absolute atomic E-state index is 0.149. The van der Waals surface area contributed by atoms with Gasteiger partial charge >= 0.3 is 0 Å². The third-order valence-electron chi connectivity index (χ3n) is 4.04. The second kappa shape index (κ2) is 8.11. The van der Waals surface area contributed by atoms with E-state index in [0.29, 0.717) is 6.61 Å². The SMILES string of the molecule is CCOC(CC)(CC)C(Cc1cc(F)ccc1Br)NC. The summed E-state index contributed by atoms with van der Waals surface area (Å²) in [5, 5.41) is 3.36. The molecule has 0 aliphatic carbocycles. The van der Waals surface area contributed by atoms with E-state index < -0.39 is 0 Å². The van der Waals surface area contributed by atoms with Gasteiger partial charge in [0.05, 0.1) is 5.60 Å². The number of hydrogen-bond donors (Lipinski definition) is 1. The summed E-state index contributed by atoms with van der Waals surface area (Å²) < 4.78 is 20.4. The lowest BCUT2D eigenvalue weighted by Crippen LogP contribution is -2.52. The first-order chi connectivity index (χ1) is 9.52. The van der Waals surface area contributed by atoms with Gasteiger partial charge in [0.15, 0.2) is 0 Å². The van der Waals surface area contributed by atoms with Gasteiger partial charge in [-0.1, -0.05) is 29.8 Å². The highest BCUT2D eigenvalue weighted by molar-refractivity contribution is 9.10. The van der Waals surface area contributed by atoms with Gasteiger partial charge in [-0.25, -0.2) is 4.39 Å². The Morgan fingerprint density at radius 1 is 1.30 bits per heavy atom. The van der Waals surface area contributed by atoms with Gasteiger partial charge in [0.1, 0.15) is 5.82 Å². The van der Waals surface area contributed by atoms with Crippen molar-refractivity contribution < 1.29 is 9.13 Å². The van der Waals surface area contributed by atoms with Crippen LogP contribution in [0.5, 0.6) is 0 Å². The third-order valence-corrected chi connectivity index (χ3v) is 4.82. The van der Waals surface area contributed by atoms with Crippen LogP contribution >= 0.6 is 15.9 Å². The van der Waals surface area contributed by atoms with Gasteiger partial charge < -0.3 is 10.1 Å². The number of benzene rings is 1. The Labute approximate surface area is 130 Å². The van der Waals surface area contributed by atoms with Gasteiger partial charge in [-0.3, -0.25) is 0 Å². The molecule has 0 saturated heterocycles. The lowest BCUT2D eigenvalue weighted by molar-refractivity contribution is -0.0704. The fourth-order valence-electron chi connectivity index (χ4n) is 2.81. The van der Waals surface area contributed by atoms with E-state index >= 15 is 0 Å². The van der Waals surface area contributed by atoms with Crippen LogP contribution in [0.1, 0.15) is 39.2 Å². The Balaban J connectivity index is 3.02. The number of hydrogen-bond acceptors (Lipinski definition) is 2. The summed E-state index contributed by atoms with van der Waals surface area (Å²) >= 11 is 3.50. The van der Waals surface area contributed by atoms with Crippen LogP contribution in [0.4, 0.5) is 4.39 Å². The molecule has 1 aromatic rings. The van der Waals surface area contributed by atoms with Crippen molar-refractivity contribution in [2.45, 2.75) is 51.7 Å². The maximum absolute atomic E-state index is 13.4. The highest BCUT2D eigenvalue weighted by Crippen LogP contribution is 2.29. The van der Waals surface area contributed by atoms with Crippen molar-refractivity contribution in [3.8, 4) is 0 Å². The molecule has 114 valence electrons. The zero-order valence-corrected chi connectivity index (χ0v) is 14.4. The molecular formula is C16H25BrFNO. The lowest BCUT2D eigenvalue weighted by atomic mass is 9.84. The first-order valence-corrected chi connectivity index (χ1v) is 8.07. The molecule has 0 amide bonds. The van der Waals surface area contributed by atoms with E-state index in [4.69, 9.17) is 4.74 Å². The largest absolute Gasteiger partial charge is 0.374 e. The van der Waals surface area contributed by atoms with Crippen LogP contribution in [0.2, 0.25) is 0 Å². The van der Waals surface area contributed by atoms with Crippen LogP contribution in [0.25, 0.3) is 0 Å². The molecule has 1 unspecified atom stereocenters. The van der Waals surface area contributed by atoms with Gasteiger partial charge in [-0.15, -0.1) is 0 Å². The average Bonchev–Trinajstić information content (AvgIpc) is 2.46. The quantitative estimate of drug-likeness (QED) is 0.757. The second-order valence-electron chi connectivity index (χ2n) is 4.99. The number of rotatable bonds is 8. The van der Waals surface area contributed by atoms with Gasteiger partial charge in [0, 0.05) is 17.1 Å². The highest BCUT2D eigenvalue weighted by atomic mass is 79.9. The molecule has 1 N–H and O–H groups in total. The Kier molecular flexibility index (Phi) is 7.13. The molecule has 0 aliphatic rings. The summed E-state index contributed by atoms with van der Waals surface area (Å²) in [5.41, 5.74) is 0.755. The minimum Gasteiger partial charge on any atom is -0.374 e. The number of nitrogens with one attached hydrogen (secondary N) is 1. The van der Waals surface area contributed by atoms with Crippen molar-refractivity contribution in [1.82, 2.24) is 5.32 Å². The molecule has 0 spiro atoms. The molecule has 1 atom stereocenters. The van der Waals surface area contributed by atoms with Crippen molar-refractivity contribution in [2.24, 2.45) is 0 Å². The standard InChI is InChI=1S/C16H25BrFNO/c1-5-16(6-2,20-7-3)15(19-4)11-12-10-13(18)8-9-14(12)17/h8-10,15,19H,5-7,11H2,1-4H3. The zero-order chi connectivity index (χ0) is 15.2. The van der Waals surface area contributed by atoms with Crippen LogP contribution in [0, 0.1) is 5.82 Å². The van der Waals surface area contributed by atoms with Gasteiger partial charge in [0.2, 0.25) is 0 Å². The zero-order valence-electron chi connectivity index (χ0n) is 12.8. The lowest BCUT2D eigenvalue weighted by Gasteiger charge is -2.39. The minimum atomic E-state index is -0.213. The molecule has 0 heterocycles. The van der Waals surface area contributed by atoms with E-state index in [-0.39, 0.29) is 17.5 Å². The van der Waals surface area contributed by atoms with Crippen molar-refractivity contribution >= 4 is 15.9 Å². The summed E-state index contributed by atoms with van der Waals surface area (Å²) in [6.07, 6.45) is 2.59. The molecule has 0 fully saturated rings. The summed E-state index contributed by atoms with van der Waals surface area (Å²) in [5.74, 6) is -0.201. The highest BCUT2D eigenvalue weighted by Gasteiger charge is 2.35.